The van der Waals surface area contributed by atoms with Crippen molar-refractivity contribution in [2.45, 2.75) is 64.1 Å². The minimum atomic E-state index is 0.127. The molecule has 0 spiro atoms. The minimum absolute atomic E-state index is 0.127. The zero-order valence-electron chi connectivity index (χ0n) is 15.5. The number of piperazine rings is 1. The van der Waals surface area contributed by atoms with Crippen LogP contribution in [0.3, 0.4) is 0 Å². The number of Topliss-reactive ketones (excluding diaryl/α,β-unsaturated/α-hetero) is 1. The molecule has 4 heteroatoms. The zero-order valence-corrected chi connectivity index (χ0v) is 15.5. The van der Waals surface area contributed by atoms with Crippen molar-refractivity contribution in [1.82, 2.24) is 9.80 Å². The van der Waals surface area contributed by atoms with Crippen LogP contribution < -0.4 is 0 Å². The van der Waals surface area contributed by atoms with Crippen LogP contribution in [-0.4, -0.2) is 59.0 Å². The molecular weight excluding hydrogens is 312 g/mol. The Bertz CT molecular complexity index is 569. The van der Waals surface area contributed by atoms with Gasteiger partial charge in [-0.3, -0.25) is 14.6 Å². The first kappa shape index (κ1) is 18.6. The number of aliphatic hydroxyl groups is 1. The summed E-state index contributed by atoms with van der Waals surface area (Å²) in [6.45, 7) is 5.97. The van der Waals surface area contributed by atoms with E-state index in [-0.39, 0.29) is 12.4 Å². The molecule has 0 radical (unpaired) electrons. The van der Waals surface area contributed by atoms with Crippen LogP contribution in [0, 0.1) is 0 Å². The fourth-order valence-corrected chi connectivity index (χ4v) is 4.52. The first-order chi connectivity index (χ1) is 12.2. The van der Waals surface area contributed by atoms with Crippen molar-refractivity contribution in [3.05, 3.63) is 35.4 Å². The molecule has 138 valence electrons. The molecule has 2 fully saturated rings. The van der Waals surface area contributed by atoms with Gasteiger partial charge in [0.1, 0.15) is 0 Å². The molecule has 1 saturated heterocycles. The SMILES string of the molecule is CC(=O)c1cccc(CN2CCN(C3CCCCC3)[C@@H](CCO)C2)c1. The van der Waals surface area contributed by atoms with E-state index in [0.717, 1.165) is 38.2 Å². The average molecular weight is 344 g/mol. The molecule has 1 aromatic carbocycles. The second-order valence-electron chi connectivity index (χ2n) is 7.69. The first-order valence-electron chi connectivity index (χ1n) is 9.86. The molecule has 0 bridgehead atoms. The lowest BCUT2D eigenvalue weighted by molar-refractivity contribution is 0.0137. The predicted octanol–water partition coefficient (Wildman–Crippen LogP) is 3.09. The van der Waals surface area contributed by atoms with E-state index in [9.17, 15) is 9.90 Å². The summed E-state index contributed by atoms with van der Waals surface area (Å²) < 4.78 is 0. The maximum Gasteiger partial charge on any atom is 0.159 e. The molecular formula is C21H32N2O2. The van der Waals surface area contributed by atoms with Crippen LogP contribution in [0.25, 0.3) is 0 Å². The molecule has 2 aliphatic rings. The van der Waals surface area contributed by atoms with Crippen LogP contribution in [0.15, 0.2) is 24.3 Å². The predicted molar refractivity (Wildman–Crippen MR) is 101 cm³/mol. The Morgan fingerprint density at radius 3 is 2.72 bits per heavy atom. The van der Waals surface area contributed by atoms with E-state index in [2.05, 4.69) is 15.9 Å². The lowest BCUT2D eigenvalue weighted by Crippen LogP contribution is -2.56. The maximum absolute atomic E-state index is 11.6. The summed E-state index contributed by atoms with van der Waals surface area (Å²) >= 11 is 0. The molecule has 1 atom stereocenters. The van der Waals surface area contributed by atoms with Gasteiger partial charge in [-0.1, -0.05) is 37.5 Å². The standard InChI is InChI=1S/C21H32N2O2/c1-17(25)19-7-5-6-18(14-19)15-22-11-12-23(21(16-22)10-13-24)20-8-3-2-4-9-20/h5-7,14,20-21,24H,2-4,8-13,15-16H2,1H3/t21-/m0/s1. The number of ketones is 1. The van der Waals surface area contributed by atoms with Gasteiger partial charge in [-0.15, -0.1) is 0 Å². The van der Waals surface area contributed by atoms with E-state index in [1.165, 1.54) is 37.7 Å². The molecule has 3 rings (SSSR count). The summed E-state index contributed by atoms with van der Waals surface area (Å²) in [5.41, 5.74) is 2.01. The Hall–Kier alpha value is -1.23. The molecule has 4 nitrogen and oxygen atoms in total. The van der Waals surface area contributed by atoms with E-state index < -0.39 is 0 Å². The quantitative estimate of drug-likeness (QED) is 0.806. The second-order valence-corrected chi connectivity index (χ2v) is 7.69. The van der Waals surface area contributed by atoms with Crippen molar-refractivity contribution in [3.8, 4) is 0 Å². The van der Waals surface area contributed by atoms with Crippen LogP contribution in [0.5, 0.6) is 0 Å². The highest BCUT2D eigenvalue weighted by Crippen LogP contribution is 2.27. The number of benzene rings is 1. The monoisotopic (exact) mass is 344 g/mol. The molecule has 0 aromatic heterocycles. The van der Waals surface area contributed by atoms with Gasteiger partial charge >= 0.3 is 0 Å². The first-order valence-corrected chi connectivity index (χ1v) is 9.86. The van der Waals surface area contributed by atoms with Gasteiger partial charge in [-0.2, -0.15) is 0 Å². The highest BCUT2D eigenvalue weighted by Gasteiger charge is 2.32. The third-order valence-electron chi connectivity index (χ3n) is 5.86. The van der Waals surface area contributed by atoms with Crippen molar-refractivity contribution < 1.29 is 9.90 Å². The Balaban J connectivity index is 1.63. The number of carbonyl (C=O) groups is 1. The van der Waals surface area contributed by atoms with Gasteiger partial charge in [-0.25, -0.2) is 0 Å². The Morgan fingerprint density at radius 2 is 2.00 bits per heavy atom. The van der Waals surface area contributed by atoms with Gasteiger partial charge in [-0.05, 0) is 37.8 Å². The summed E-state index contributed by atoms with van der Waals surface area (Å²) in [5.74, 6) is 0.127. The molecule has 1 N–H and O–H groups in total. The van der Waals surface area contributed by atoms with Crippen LogP contribution in [0.1, 0.15) is 61.4 Å². The molecule has 25 heavy (non-hydrogen) atoms. The van der Waals surface area contributed by atoms with E-state index in [4.69, 9.17) is 0 Å². The fraction of sp³-hybridized carbons (Fsp3) is 0.667. The van der Waals surface area contributed by atoms with Gasteiger partial charge in [0.2, 0.25) is 0 Å². The maximum atomic E-state index is 11.6. The smallest absolute Gasteiger partial charge is 0.159 e. The fourth-order valence-electron chi connectivity index (χ4n) is 4.52. The van der Waals surface area contributed by atoms with Crippen molar-refractivity contribution in [2.75, 3.05) is 26.2 Å². The topological polar surface area (TPSA) is 43.8 Å². The highest BCUT2D eigenvalue weighted by molar-refractivity contribution is 5.94. The van der Waals surface area contributed by atoms with E-state index >= 15 is 0 Å². The Labute approximate surface area is 151 Å². The zero-order chi connectivity index (χ0) is 17.6. The summed E-state index contributed by atoms with van der Waals surface area (Å²) in [6, 6.07) is 9.18. The second kappa shape index (κ2) is 8.93. The molecule has 0 unspecified atom stereocenters. The van der Waals surface area contributed by atoms with Crippen molar-refractivity contribution >= 4 is 5.78 Å². The molecule has 1 saturated carbocycles. The van der Waals surface area contributed by atoms with Gasteiger partial charge in [0.25, 0.3) is 0 Å². The van der Waals surface area contributed by atoms with Crippen LogP contribution >= 0.6 is 0 Å². The highest BCUT2D eigenvalue weighted by atomic mass is 16.3. The van der Waals surface area contributed by atoms with Gasteiger partial charge in [0.05, 0.1) is 0 Å². The molecule has 1 aliphatic heterocycles. The largest absolute Gasteiger partial charge is 0.396 e. The normalized spacial score (nSPS) is 23.7. The van der Waals surface area contributed by atoms with Crippen molar-refractivity contribution in [3.63, 3.8) is 0 Å². The summed E-state index contributed by atoms with van der Waals surface area (Å²) in [6.07, 6.45) is 7.60. The lowest BCUT2D eigenvalue weighted by Gasteiger charge is -2.46. The molecule has 1 aliphatic carbocycles. The summed E-state index contributed by atoms with van der Waals surface area (Å²) in [4.78, 5) is 16.8. The number of carbonyl (C=O) groups excluding carboxylic acids is 1. The number of hydrogen-bond acceptors (Lipinski definition) is 4. The average Bonchev–Trinajstić information content (AvgIpc) is 2.63. The Kier molecular flexibility index (Phi) is 6.63. The third-order valence-corrected chi connectivity index (χ3v) is 5.86. The number of rotatable bonds is 6. The van der Waals surface area contributed by atoms with Crippen molar-refractivity contribution in [1.29, 1.82) is 0 Å². The summed E-state index contributed by atoms with van der Waals surface area (Å²) in [7, 11) is 0. The Morgan fingerprint density at radius 1 is 1.20 bits per heavy atom. The van der Waals surface area contributed by atoms with E-state index in [0.29, 0.717) is 12.1 Å². The van der Waals surface area contributed by atoms with Crippen LogP contribution in [-0.2, 0) is 6.54 Å². The summed E-state index contributed by atoms with van der Waals surface area (Å²) in [5, 5.41) is 9.53. The molecule has 1 aromatic rings. The minimum Gasteiger partial charge on any atom is -0.396 e. The van der Waals surface area contributed by atoms with Crippen molar-refractivity contribution in [2.24, 2.45) is 0 Å². The van der Waals surface area contributed by atoms with Gasteiger partial charge in [0.15, 0.2) is 5.78 Å². The van der Waals surface area contributed by atoms with Gasteiger partial charge in [0, 0.05) is 50.4 Å². The van der Waals surface area contributed by atoms with E-state index in [1.54, 1.807) is 6.92 Å². The number of hydrogen-bond donors (Lipinski definition) is 1. The van der Waals surface area contributed by atoms with E-state index in [1.807, 2.05) is 18.2 Å². The van der Waals surface area contributed by atoms with Crippen LogP contribution in [0.2, 0.25) is 0 Å². The third kappa shape index (κ3) is 4.90. The lowest BCUT2D eigenvalue weighted by atomic mass is 9.91. The van der Waals surface area contributed by atoms with Gasteiger partial charge < -0.3 is 5.11 Å². The van der Waals surface area contributed by atoms with Crippen LogP contribution in [0.4, 0.5) is 0 Å². The molecule has 0 amide bonds. The number of aliphatic hydroxyl groups excluding tert-OH is 1. The molecule has 1 heterocycles. The number of nitrogens with zero attached hydrogens (tertiary/aromatic N) is 2.